The van der Waals surface area contributed by atoms with E-state index in [9.17, 15) is 18.0 Å². The fraction of sp³-hybridized carbons (Fsp3) is 0.211. The minimum Gasteiger partial charge on any atom is -0.339 e. The van der Waals surface area contributed by atoms with Gasteiger partial charge in [0.25, 0.3) is 0 Å². The molecule has 0 saturated carbocycles. The van der Waals surface area contributed by atoms with Crippen LogP contribution in [0.25, 0.3) is 11.4 Å². The smallest absolute Gasteiger partial charge is 0.339 e. The summed E-state index contributed by atoms with van der Waals surface area (Å²) in [6.45, 7) is 1.85. The van der Waals surface area contributed by atoms with E-state index in [1.54, 1.807) is 18.2 Å². The van der Waals surface area contributed by atoms with Gasteiger partial charge in [-0.1, -0.05) is 35.0 Å². The average molecular weight is 410 g/mol. The number of carbonyl (C=O) groups is 1. The number of alkyl halides is 3. The van der Waals surface area contributed by atoms with E-state index in [0.29, 0.717) is 10.7 Å². The van der Waals surface area contributed by atoms with Gasteiger partial charge in [0.2, 0.25) is 17.6 Å². The predicted octanol–water partition coefficient (Wildman–Crippen LogP) is 5.29. The lowest BCUT2D eigenvalue weighted by molar-refractivity contribution is -0.137. The molecular weight excluding hydrogens is 395 g/mol. The zero-order chi connectivity index (χ0) is 20.3. The van der Waals surface area contributed by atoms with Crippen molar-refractivity contribution in [3.05, 3.63) is 64.5 Å². The molecule has 0 atom stereocenters. The first-order chi connectivity index (χ1) is 13.2. The van der Waals surface area contributed by atoms with E-state index in [1.165, 1.54) is 12.1 Å². The largest absolute Gasteiger partial charge is 0.416 e. The Morgan fingerprint density at radius 2 is 2.00 bits per heavy atom. The van der Waals surface area contributed by atoms with E-state index < -0.39 is 11.7 Å². The molecule has 9 heteroatoms. The second kappa shape index (κ2) is 8.02. The van der Waals surface area contributed by atoms with Gasteiger partial charge in [-0.2, -0.15) is 18.2 Å². The Morgan fingerprint density at radius 3 is 2.71 bits per heavy atom. The van der Waals surface area contributed by atoms with Crippen LogP contribution in [0, 0.1) is 6.92 Å². The van der Waals surface area contributed by atoms with E-state index in [2.05, 4.69) is 15.5 Å². The number of hydrogen-bond donors (Lipinski definition) is 1. The maximum atomic E-state index is 12.8. The molecule has 28 heavy (non-hydrogen) atoms. The van der Waals surface area contributed by atoms with Gasteiger partial charge in [0, 0.05) is 29.1 Å². The van der Waals surface area contributed by atoms with Crippen LogP contribution < -0.4 is 5.32 Å². The highest BCUT2D eigenvalue weighted by molar-refractivity contribution is 6.31. The van der Waals surface area contributed by atoms with Gasteiger partial charge in [-0.15, -0.1) is 0 Å². The van der Waals surface area contributed by atoms with Crippen LogP contribution in [-0.4, -0.2) is 16.0 Å². The highest BCUT2D eigenvalue weighted by Gasteiger charge is 2.30. The highest BCUT2D eigenvalue weighted by atomic mass is 35.5. The van der Waals surface area contributed by atoms with E-state index in [-0.39, 0.29) is 36.0 Å². The lowest BCUT2D eigenvalue weighted by atomic mass is 10.1. The number of hydrogen-bond acceptors (Lipinski definition) is 4. The maximum Gasteiger partial charge on any atom is 0.416 e. The maximum absolute atomic E-state index is 12.8. The van der Waals surface area contributed by atoms with Crippen molar-refractivity contribution in [2.24, 2.45) is 0 Å². The van der Waals surface area contributed by atoms with Crippen LogP contribution in [-0.2, 0) is 17.4 Å². The minimum atomic E-state index is -4.46. The molecule has 1 amide bonds. The van der Waals surface area contributed by atoms with Crippen LogP contribution in [0.2, 0.25) is 5.02 Å². The number of halogens is 4. The summed E-state index contributed by atoms with van der Waals surface area (Å²) in [7, 11) is 0. The highest BCUT2D eigenvalue weighted by Crippen LogP contribution is 2.31. The molecule has 0 saturated heterocycles. The van der Waals surface area contributed by atoms with E-state index in [1.807, 2.05) is 6.92 Å². The van der Waals surface area contributed by atoms with E-state index >= 15 is 0 Å². The number of aromatic nitrogens is 2. The molecular formula is C19H15ClF3N3O2. The van der Waals surface area contributed by atoms with Crippen molar-refractivity contribution in [3.8, 4) is 11.4 Å². The number of carbonyl (C=O) groups excluding carboxylic acids is 1. The Balaban J connectivity index is 1.62. The van der Waals surface area contributed by atoms with Crippen molar-refractivity contribution in [3.63, 3.8) is 0 Å². The predicted molar refractivity (Wildman–Crippen MR) is 97.9 cm³/mol. The zero-order valence-electron chi connectivity index (χ0n) is 14.7. The molecule has 1 aromatic heterocycles. The van der Waals surface area contributed by atoms with Crippen LogP contribution in [0.4, 0.5) is 18.9 Å². The quantitative estimate of drug-likeness (QED) is 0.621. The molecule has 0 aliphatic heterocycles. The van der Waals surface area contributed by atoms with E-state index in [0.717, 1.165) is 17.7 Å². The van der Waals surface area contributed by atoms with Gasteiger partial charge in [-0.05, 0) is 36.8 Å². The second-order valence-corrected chi connectivity index (χ2v) is 6.51. The Labute approximate surface area is 163 Å². The van der Waals surface area contributed by atoms with Crippen LogP contribution in [0.3, 0.4) is 0 Å². The van der Waals surface area contributed by atoms with Gasteiger partial charge in [0.05, 0.1) is 5.56 Å². The summed E-state index contributed by atoms with van der Waals surface area (Å²) in [6, 6.07) is 9.81. The van der Waals surface area contributed by atoms with Crippen LogP contribution >= 0.6 is 11.6 Å². The number of amides is 1. The molecule has 3 rings (SSSR count). The number of nitrogens with one attached hydrogen (secondary N) is 1. The third-order valence-corrected chi connectivity index (χ3v) is 4.34. The fourth-order valence-corrected chi connectivity index (χ4v) is 2.60. The lowest BCUT2D eigenvalue weighted by Gasteiger charge is -2.06. The zero-order valence-corrected chi connectivity index (χ0v) is 15.4. The summed E-state index contributed by atoms with van der Waals surface area (Å²) in [5.41, 5.74) is 0.847. The molecule has 2 aromatic carbocycles. The first-order valence-electron chi connectivity index (χ1n) is 8.28. The lowest BCUT2D eigenvalue weighted by Crippen LogP contribution is -2.12. The summed E-state index contributed by atoms with van der Waals surface area (Å²) < 4.78 is 43.5. The molecule has 0 aliphatic rings. The van der Waals surface area contributed by atoms with Gasteiger partial charge in [-0.3, -0.25) is 4.79 Å². The van der Waals surface area contributed by atoms with Crippen molar-refractivity contribution in [1.82, 2.24) is 10.1 Å². The summed E-state index contributed by atoms with van der Waals surface area (Å²) in [5.74, 6) is -0.0879. The number of rotatable bonds is 5. The Morgan fingerprint density at radius 1 is 1.21 bits per heavy atom. The van der Waals surface area contributed by atoms with Gasteiger partial charge < -0.3 is 9.84 Å². The van der Waals surface area contributed by atoms with Crippen LogP contribution in [0.15, 0.2) is 47.0 Å². The van der Waals surface area contributed by atoms with E-state index in [4.69, 9.17) is 16.1 Å². The Bertz CT molecular complexity index is 1000. The van der Waals surface area contributed by atoms with Crippen molar-refractivity contribution in [2.45, 2.75) is 25.9 Å². The van der Waals surface area contributed by atoms with Crippen molar-refractivity contribution >= 4 is 23.2 Å². The van der Waals surface area contributed by atoms with Crippen molar-refractivity contribution < 1.29 is 22.5 Å². The standard InChI is InChI=1S/C19H15ClF3N3O2/c1-11-5-6-14(10-15(11)20)24-16(27)7-8-17-25-18(26-28-17)12-3-2-4-13(9-12)19(21,22)23/h2-6,9-10H,7-8H2,1H3,(H,24,27). The molecule has 0 bridgehead atoms. The molecule has 0 radical (unpaired) electrons. The van der Waals surface area contributed by atoms with Gasteiger partial charge in [-0.25, -0.2) is 0 Å². The first-order valence-corrected chi connectivity index (χ1v) is 8.66. The topological polar surface area (TPSA) is 68.0 Å². The molecule has 1 heterocycles. The second-order valence-electron chi connectivity index (χ2n) is 6.10. The number of anilines is 1. The van der Waals surface area contributed by atoms with Gasteiger partial charge in [0.15, 0.2) is 0 Å². The molecule has 0 fully saturated rings. The minimum absolute atomic E-state index is 0.0341. The molecule has 5 nitrogen and oxygen atoms in total. The Kier molecular flexibility index (Phi) is 5.69. The molecule has 0 spiro atoms. The number of nitrogens with zero attached hydrogens (tertiary/aromatic N) is 2. The van der Waals surface area contributed by atoms with Gasteiger partial charge >= 0.3 is 6.18 Å². The summed E-state index contributed by atoms with van der Waals surface area (Å²) in [4.78, 5) is 16.1. The monoisotopic (exact) mass is 409 g/mol. The van der Waals surface area contributed by atoms with Crippen LogP contribution in [0.1, 0.15) is 23.4 Å². The normalized spacial score (nSPS) is 11.5. The SMILES string of the molecule is Cc1ccc(NC(=O)CCc2nc(-c3cccc(C(F)(F)F)c3)no2)cc1Cl. The average Bonchev–Trinajstić information content (AvgIpc) is 3.12. The number of aryl methyl sites for hydroxylation is 2. The Hall–Kier alpha value is -2.87. The van der Waals surface area contributed by atoms with Crippen LogP contribution in [0.5, 0.6) is 0 Å². The molecule has 146 valence electrons. The molecule has 0 unspecified atom stereocenters. The third kappa shape index (κ3) is 4.89. The first kappa shape index (κ1) is 19.9. The molecule has 0 aliphatic carbocycles. The molecule has 1 N–H and O–H groups in total. The summed E-state index contributed by atoms with van der Waals surface area (Å²) >= 11 is 6.02. The number of benzene rings is 2. The van der Waals surface area contributed by atoms with Crippen molar-refractivity contribution in [1.29, 1.82) is 0 Å². The fourth-order valence-electron chi connectivity index (χ4n) is 2.42. The summed E-state index contributed by atoms with van der Waals surface area (Å²) in [6.07, 6.45) is -4.24. The van der Waals surface area contributed by atoms with Crippen molar-refractivity contribution in [2.75, 3.05) is 5.32 Å². The molecule has 3 aromatic rings. The third-order valence-electron chi connectivity index (χ3n) is 3.94. The van der Waals surface area contributed by atoms with Gasteiger partial charge in [0.1, 0.15) is 0 Å². The summed E-state index contributed by atoms with van der Waals surface area (Å²) in [5, 5.41) is 6.94.